The van der Waals surface area contributed by atoms with Gasteiger partial charge in [-0.15, -0.1) is 0 Å². The van der Waals surface area contributed by atoms with Crippen molar-refractivity contribution in [1.82, 2.24) is 10.4 Å². The molecule has 0 fully saturated rings. The molecule has 21 heavy (non-hydrogen) atoms. The van der Waals surface area contributed by atoms with Gasteiger partial charge in [-0.2, -0.15) is 13.2 Å². The van der Waals surface area contributed by atoms with E-state index < -0.39 is 29.3 Å². The number of carbonyl (C=O) groups excluding carboxylic acids is 1. The van der Waals surface area contributed by atoms with Crippen LogP contribution < -0.4 is 15.6 Å². The van der Waals surface area contributed by atoms with Crippen molar-refractivity contribution in [1.29, 1.82) is 0 Å². The van der Waals surface area contributed by atoms with Crippen molar-refractivity contribution in [3.8, 4) is 5.75 Å². The second-order valence-corrected chi connectivity index (χ2v) is 5.00. The maximum absolute atomic E-state index is 12.8. The number of aromatic nitrogens is 1. The lowest BCUT2D eigenvalue weighted by atomic mass is 10.2. The molecule has 2 N–H and O–H groups in total. The lowest BCUT2D eigenvalue weighted by molar-refractivity contribution is -0.142. The number of carbonyl (C=O) groups is 1. The second-order valence-electron chi connectivity index (χ2n) is 5.00. The van der Waals surface area contributed by atoms with E-state index in [1.165, 1.54) is 6.07 Å². The Balaban J connectivity index is 2.80. The van der Waals surface area contributed by atoms with Gasteiger partial charge in [-0.05, 0) is 32.9 Å². The summed E-state index contributed by atoms with van der Waals surface area (Å²) in [7, 11) is 1.11. The first-order chi connectivity index (χ1) is 9.53. The molecule has 1 aromatic heterocycles. The van der Waals surface area contributed by atoms with Gasteiger partial charge >= 0.3 is 12.3 Å². The summed E-state index contributed by atoms with van der Waals surface area (Å²) in [4.78, 5) is 14.7. The molecule has 0 aliphatic heterocycles. The average Bonchev–Trinajstić information content (AvgIpc) is 2.33. The first kappa shape index (κ1) is 16.9. The first-order valence-electron chi connectivity index (χ1n) is 5.90. The van der Waals surface area contributed by atoms with E-state index in [0.29, 0.717) is 0 Å². The highest BCUT2D eigenvalue weighted by atomic mass is 19.4. The topological polar surface area (TPSA) is 72.5 Å². The summed E-state index contributed by atoms with van der Waals surface area (Å²) in [6, 6.07) is 2.32. The smallest absolute Gasteiger partial charge is 0.437 e. The Kier molecular flexibility index (Phi) is 4.87. The number of anilines is 1. The first-order valence-corrected chi connectivity index (χ1v) is 5.90. The molecule has 0 saturated heterocycles. The van der Waals surface area contributed by atoms with Gasteiger partial charge in [0, 0.05) is 0 Å². The maximum Gasteiger partial charge on any atom is 0.437 e. The van der Waals surface area contributed by atoms with Crippen LogP contribution in [0.4, 0.5) is 23.8 Å². The van der Waals surface area contributed by atoms with Gasteiger partial charge in [-0.3, -0.25) is 5.43 Å². The SMILES string of the molecule is COc1ccc(NNC(=O)OC(C)(C)C)nc1C(F)(F)F. The predicted molar refractivity (Wildman–Crippen MR) is 68.8 cm³/mol. The van der Waals surface area contributed by atoms with Crippen LogP contribution in [0.1, 0.15) is 26.5 Å². The highest BCUT2D eigenvalue weighted by Crippen LogP contribution is 2.35. The van der Waals surface area contributed by atoms with Gasteiger partial charge in [-0.1, -0.05) is 0 Å². The van der Waals surface area contributed by atoms with Crippen LogP contribution in [0.3, 0.4) is 0 Å². The summed E-state index contributed by atoms with van der Waals surface area (Å²) in [6.07, 6.45) is -5.51. The number of halogens is 3. The van der Waals surface area contributed by atoms with E-state index in [9.17, 15) is 18.0 Å². The normalized spacial score (nSPS) is 11.8. The molecule has 1 rings (SSSR count). The Morgan fingerprint density at radius 2 is 1.86 bits per heavy atom. The van der Waals surface area contributed by atoms with Crippen molar-refractivity contribution in [2.45, 2.75) is 32.5 Å². The molecule has 0 radical (unpaired) electrons. The van der Waals surface area contributed by atoms with Crippen LogP contribution in [0.15, 0.2) is 12.1 Å². The van der Waals surface area contributed by atoms with E-state index in [4.69, 9.17) is 4.74 Å². The van der Waals surface area contributed by atoms with E-state index in [1.807, 2.05) is 0 Å². The van der Waals surface area contributed by atoms with Crippen LogP contribution in [0.5, 0.6) is 5.75 Å². The molecular formula is C12H16F3N3O3. The molecule has 0 aromatic carbocycles. The number of hydrogen-bond donors (Lipinski definition) is 2. The molecule has 0 saturated carbocycles. The molecule has 9 heteroatoms. The van der Waals surface area contributed by atoms with E-state index in [1.54, 1.807) is 20.8 Å². The van der Waals surface area contributed by atoms with Crippen LogP contribution in [0.2, 0.25) is 0 Å². The third-order valence-corrected chi connectivity index (χ3v) is 2.04. The van der Waals surface area contributed by atoms with Crippen molar-refractivity contribution in [2.24, 2.45) is 0 Å². The van der Waals surface area contributed by atoms with Crippen molar-refractivity contribution in [2.75, 3.05) is 12.5 Å². The minimum Gasteiger partial charge on any atom is -0.494 e. The summed E-state index contributed by atoms with van der Waals surface area (Å²) in [6.45, 7) is 4.96. The lowest BCUT2D eigenvalue weighted by Gasteiger charge is -2.20. The molecule has 0 atom stereocenters. The zero-order chi connectivity index (χ0) is 16.3. The average molecular weight is 307 g/mol. The zero-order valence-electron chi connectivity index (χ0n) is 12.0. The number of nitrogens with one attached hydrogen (secondary N) is 2. The summed E-state index contributed by atoms with van der Waals surface area (Å²) in [5.41, 5.74) is 2.41. The molecule has 1 amide bonds. The number of methoxy groups -OCH3 is 1. The largest absolute Gasteiger partial charge is 0.494 e. The molecule has 1 heterocycles. The Morgan fingerprint density at radius 3 is 2.33 bits per heavy atom. The molecule has 0 aliphatic rings. The van der Waals surface area contributed by atoms with Crippen molar-refractivity contribution in [3.63, 3.8) is 0 Å². The summed E-state index contributed by atoms with van der Waals surface area (Å²) >= 11 is 0. The number of alkyl halides is 3. The number of hydrogen-bond acceptors (Lipinski definition) is 5. The Hall–Kier alpha value is -2.19. The molecule has 0 aliphatic carbocycles. The van der Waals surface area contributed by atoms with E-state index in [-0.39, 0.29) is 5.82 Å². The van der Waals surface area contributed by atoms with Gasteiger partial charge in [0.05, 0.1) is 7.11 Å². The number of ether oxygens (including phenoxy) is 2. The van der Waals surface area contributed by atoms with Gasteiger partial charge in [0.15, 0.2) is 5.69 Å². The Morgan fingerprint density at radius 1 is 1.24 bits per heavy atom. The van der Waals surface area contributed by atoms with Crippen LogP contribution in [-0.2, 0) is 10.9 Å². The standard InChI is InChI=1S/C12H16F3N3O3/c1-11(2,3)21-10(19)18-17-8-6-5-7(20-4)9(16-8)12(13,14)15/h5-6H,1-4H3,(H,16,17)(H,18,19). The Bertz CT molecular complexity index is 513. The number of pyridine rings is 1. The second kappa shape index (κ2) is 6.06. The molecule has 118 valence electrons. The summed E-state index contributed by atoms with van der Waals surface area (Å²) in [5.74, 6) is -0.612. The van der Waals surface area contributed by atoms with E-state index in [2.05, 4.69) is 20.6 Å². The van der Waals surface area contributed by atoms with Crippen molar-refractivity contribution < 1.29 is 27.4 Å². The van der Waals surface area contributed by atoms with Gasteiger partial charge in [0.2, 0.25) is 0 Å². The van der Waals surface area contributed by atoms with Gasteiger partial charge in [0.25, 0.3) is 0 Å². The molecule has 1 aromatic rings. The minimum atomic E-state index is -4.67. The van der Waals surface area contributed by atoms with E-state index >= 15 is 0 Å². The number of hydrazine groups is 1. The fourth-order valence-corrected chi connectivity index (χ4v) is 1.30. The third kappa shape index (κ3) is 5.36. The number of rotatable bonds is 3. The third-order valence-electron chi connectivity index (χ3n) is 2.04. The van der Waals surface area contributed by atoms with Crippen LogP contribution >= 0.6 is 0 Å². The fraction of sp³-hybridized carbons (Fsp3) is 0.500. The Labute approximate surface area is 119 Å². The molecule has 0 unspecified atom stereocenters. The zero-order valence-corrected chi connectivity index (χ0v) is 12.0. The molecular weight excluding hydrogens is 291 g/mol. The fourth-order valence-electron chi connectivity index (χ4n) is 1.30. The molecule has 0 spiro atoms. The number of amides is 1. The van der Waals surface area contributed by atoms with E-state index in [0.717, 1.165) is 13.2 Å². The van der Waals surface area contributed by atoms with Crippen LogP contribution in [-0.4, -0.2) is 23.8 Å². The highest BCUT2D eigenvalue weighted by molar-refractivity contribution is 5.69. The monoisotopic (exact) mass is 307 g/mol. The predicted octanol–water partition coefficient (Wildman–Crippen LogP) is 2.96. The van der Waals surface area contributed by atoms with Crippen LogP contribution in [0, 0.1) is 0 Å². The summed E-state index contributed by atoms with van der Waals surface area (Å²) in [5, 5.41) is 0. The molecule has 0 bridgehead atoms. The minimum absolute atomic E-state index is 0.200. The van der Waals surface area contributed by atoms with Gasteiger partial charge < -0.3 is 9.47 Å². The van der Waals surface area contributed by atoms with Gasteiger partial charge in [-0.25, -0.2) is 15.2 Å². The van der Waals surface area contributed by atoms with Crippen LogP contribution in [0.25, 0.3) is 0 Å². The maximum atomic E-state index is 12.8. The lowest BCUT2D eigenvalue weighted by Crippen LogP contribution is -2.36. The number of nitrogens with zero attached hydrogens (tertiary/aromatic N) is 1. The van der Waals surface area contributed by atoms with Gasteiger partial charge in [0.1, 0.15) is 17.2 Å². The van der Waals surface area contributed by atoms with Crippen molar-refractivity contribution in [3.05, 3.63) is 17.8 Å². The highest BCUT2D eigenvalue weighted by Gasteiger charge is 2.36. The van der Waals surface area contributed by atoms with Crippen molar-refractivity contribution >= 4 is 11.9 Å². The molecule has 6 nitrogen and oxygen atoms in total. The summed E-state index contributed by atoms with van der Waals surface area (Å²) < 4.78 is 47.8. The quantitative estimate of drug-likeness (QED) is 0.840.